The van der Waals surface area contributed by atoms with Crippen LogP contribution in [0.1, 0.15) is 16.7 Å². The number of aryl methyl sites for hydroxylation is 1. The zero-order valence-electron chi connectivity index (χ0n) is 10.5. The minimum atomic E-state index is -0.223. The number of hydrogen-bond acceptors (Lipinski definition) is 2. The Labute approximate surface area is 106 Å². The fraction of sp³-hybridized carbons (Fsp3) is 0.200. The number of aromatic hydroxyl groups is 1. The maximum Gasteiger partial charge on any atom is 0.128 e. The van der Waals surface area contributed by atoms with Gasteiger partial charge in [0.15, 0.2) is 0 Å². The van der Waals surface area contributed by atoms with Crippen molar-refractivity contribution in [2.45, 2.75) is 20.4 Å². The molecule has 0 aliphatic rings. The molecule has 0 radical (unpaired) electrons. The van der Waals surface area contributed by atoms with Crippen LogP contribution < -0.4 is 5.32 Å². The molecule has 0 spiro atoms. The van der Waals surface area contributed by atoms with Crippen molar-refractivity contribution in [3.05, 3.63) is 58.9 Å². The van der Waals surface area contributed by atoms with Gasteiger partial charge in [0.1, 0.15) is 11.6 Å². The molecule has 94 valence electrons. The molecule has 2 nitrogen and oxygen atoms in total. The number of nitrogens with one attached hydrogen (secondary N) is 1. The molecule has 2 aromatic carbocycles. The first kappa shape index (κ1) is 12.4. The average Bonchev–Trinajstić information content (AvgIpc) is 2.37. The van der Waals surface area contributed by atoms with Crippen LogP contribution in [0.4, 0.5) is 10.1 Å². The minimum Gasteiger partial charge on any atom is -0.507 e. The molecule has 0 aliphatic carbocycles. The van der Waals surface area contributed by atoms with E-state index in [0.29, 0.717) is 12.1 Å². The SMILES string of the molecule is Cc1ccc(NCc2ccccc2F)c(C)c1O. The summed E-state index contributed by atoms with van der Waals surface area (Å²) in [7, 11) is 0. The van der Waals surface area contributed by atoms with Crippen molar-refractivity contribution in [2.75, 3.05) is 5.32 Å². The van der Waals surface area contributed by atoms with Gasteiger partial charge in [-0.2, -0.15) is 0 Å². The Morgan fingerprint density at radius 1 is 1.11 bits per heavy atom. The van der Waals surface area contributed by atoms with Gasteiger partial charge < -0.3 is 10.4 Å². The maximum absolute atomic E-state index is 13.4. The van der Waals surface area contributed by atoms with Crippen molar-refractivity contribution in [3.8, 4) is 5.75 Å². The van der Waals surface area contributed by atoms with E-state index in [-0.39, 0.29) is 11.6 Å². The van der Waals surface area contributed by atoms with E-state index in [0.717, 1.165) is 16.8 Å². The van der Waals surface area contributed by atoms with Gasteiger partial charge in [0.25, 0.3) is 0 Å². The van der Waals surface area contributed by atoms with E-state index < -0.39 is 0 Å². The van der Waals surface area contributed by atoms with Crippen LogP contribution >= 0.6 is 0 Å². The highest BCUT2D eigenvalue weighted by Crippen LogP contribution is 2.28. The molecule has 2 N–H and O–H groups in total. The Hall–Kier alpha value is -2.03. The van der Waals surface area contributed by atoms with Crippen LogP contribution in [0.15, 0.2) is 36.4 Å². The van der Waals surface area contributed by atoms with Crippen LogP contribution in [0, 0.1) is 19.7 Å². The lowest BCUT2D eigenvalue weighted by atomic mass is 10.1. The Balaban J connectivity index is 2.17. The van der Waals surface area contributed by atoms with Gasteiger partial charge in [-0.3, -0.25) is 0 Å². The number of phenols is 1. The lowest BCUT2D eigenvalue weighted by Gasteiger charge is -2.12. The van der Waals surface area contributed by atoms with Crippen LogP contribution in [0.5, 0.6) is 5.75 Å². The van der Waals surface area contributed by atoms with Crippen LogP contribution in [0.2, 0.25) is 0 Å². The van der Waals surface area contributed by atoms with Crippen molar-refractivity contribution >= 4 is 5.69 Å². The van der Waals surface area contributed by atoms with Crippen molar-refractivity contribution in [3.63, 3.8) is 0 Å². The molecule has 18 heavy (non-hydrogen) atoms. The molecule has 2 aromatic rings. The fourth-order valence-electron chi connectivity index (χ4n) is 1.86. The first-order chi connectivity index (χ1) is 8.59. The molecule has 0 amide bonds. The number of phenolic OH excluding ortho intramolecular Hbond substituents is 1. The molecule has 0 unspecified atom stereocenters. The van der Waals surface area contributed by atoms with Gasteiger partial charge in [0.05, 0.1) is 0 Å². The third-order valence-electron chi connectivity index (χ3n) is 3.06. The highest BCUT2D eigenvalue weighted by Gasteiger charge is 2.06. The summed E-state index contributed by atoms with van der Waals surface area (Å²) in [6.07, 6.45) is 0. The van der Waals surface area contributed by atoms with Gasteiger partial charge in [-0.1, -0.05) is 24.3 Å². The van der Waals surface area contributed by atoms with Gasteiger partial charge in [0.2, 0.25) is 0 Å². The van der Waals surface area contributed by atoms with Crippen LogP contribution in [0.3, 0.4) is 0 Å². The maximum atomic E-state index is 13.4. The smallest absolute Gasteiger partial charge is 0.128 e. The predicted molar refractivity (Wildman–Crippen MR) is 71.3 cm³/mol. The summed E-state index contributed by atoms with van der Waals surface area (Å²) in [6.45, 7) is 4.09. The lowest BCUT2D eigenvalue weighted by molar-refractivity contribution is 0.467. The highest BCUT2D eigenvalue weighted by molar-refractivity contribution is 5.59. The molecule has 2 rings (SSSR count). The van der Waals surface area contributed by atoms with Crippen molar-refractivity contribution in [2.24, 2.45) is 0 Å². The second-order valence-corrected chi connectivity index (χ2v) is 4.35. The number of rotatable bonds is 3. The molecule has 0 atom stereocenters. The summed E-state index contributed by atoms with van der Waals surface area (Å²) < 4.78 is 13.4. The first-order valence-corrected chi connectivity index (χ1v) is 5.86. The monoisotopic (exact) mass is 245 g/mol. The van der Waals surface area contributed by atoms with Gasteiger partial charge in [-0.25, -0.2) is 4.39 Å². The quantitative estimate of drug-likeness (QED) is 0.863. The van der Waals surface area contributed by atoms with Crippen LogP contribution in [-0.4, -0.2) is 5.11 Å². The second-order valence-electron chi connectivity index (χ2n) is 4.35. The van der Waals surface area contributed by atoms with E-state index >= 15 is 0 Å². The van der Waals surface area contributed by atoms with E-state index in [4.69, 9.17) is 0 Å². The average molecular weight is 245 g/mol. The second kappa shape index (κ2) is 5.08. The minimum absolute atomic E-state index is 0.223. The van der Waals surface area contributed by atoms with Gasteiger partial charge in [-0.15, -0.1) is 0 Å². The highest BCUT2D eigenvalue weighted by atomic mass is 19.1. The molecule has 0 bridgehead atoms. The largest absolute Gasteiger partial charge is 0.507 e. The van der Waals surface area contributed by atoms with E-state index in [1.54, 1.807) is 18.2 Å². The van der Waals surface area contributed by atoms with Crippen molar-refractivity contribution in [1.82, 2.24) is 0 Å². The van der Waals surface area contributed by atoms with E-state index in [1.807, 2.05) is 26.0 Å². The molecule has 0 fully saturated rings. The fourth-order valence-corrected chi connectivity index (χ4v) is 1.86. The molecule has 0 heterocycles. The summed E-state index contributed by atoms with van der Waals surface area (Å²) in [5, 5.41) is 13.0. The third-order valence-corrected chi connectivity index (χ3v) is 3.06. The van der Waals surface area contributed by atoms with Crippen molar-refractivity contribution in [1.29, 1.82) is 0 Å². The van der Waals surface area contributed by atoms with E-state index in [1.165, 1.54) is 6.07 Å². The summed E-state index contributed by atoms with van der Waals surface area (Å²) >= 11 is 0. The molecule has 3 heteroatoms. The summed E-state index contributed by atoms with van der Waals surface area (Å²) in [6, 6.07) is 10.4. The molecule has 0 saturated heterocycles. The Morgan fingerprint density at radius 2 is 1.83 bits per heavy atom. The van der Waals surface area contributed by atoms with E-state index in [9.17, 15) is 9.50 Å². The van der Waals surface area contributed by atoms with Gasteiger partial charge in [-0.05, 0) is 31.5 Å². The van der Waals surface area contributed by atoms with Gasteiger partial charge in [0, 0.05) is 23.4 Å². The van der Waals surface area contributed by atoms with Crippen LogP contribution in [0.25, 0.3) is 0 Å². The molecule has 0 aromatic heterocycles. The molecular formula is C15H16FNO. The lowest BCUT2D eigenvalue weighted by Crippen LogP contribution is -2.03. The number of hydrogen-bond donors (Lipinski definition) is 2. The molecule has 0 aliphatic heterocycles. The Kier molecular flexibility index (Phi) is 3.51. The molecular weight excluding hydrogens is 229 g/mol. The first-order valence-electron chi connectivity index (χ1n) is 5.86. The number of halogens is 1. The van der Waals surface area contributed by atoms with E-state index in [2.05, 4.69) is 5.32 Å². The zero-order valence-corrected chi connectivity index (χ0v) is 10.5. The zero-order chi connectivity index (χ0) is 13.1. The summed E-state index contributed by atoms with van der Waals surface area (Å²) in [4.78, 5) is 0. The standard InChI is InChI=1S/C15H16FNO/c1-10-7-8-14(11(2)15(10)18)17-9-12-5-3-4-6-13(12)16/h3-8,17-18H,9H2,1-2H3. The Bertz CT molecular complexity index is 566. The summed E-state index contributed by atoms with van der Waals surface area (Å²) in [5.41, 5.74) is 3.05. The van der Waals surface area contributed by atoms with Gasteiger partial charge >= 0.3 is 0 Å². The number of benzene rings is 2. The Morgan fingerprint density at radius 3 is 2.56 bits per heavy atom. The number of anilines is 1. The topological polar surface area (TPSA) is 32.3 Å². The summed E-state index contributed by atoms with van der Waals surface area (Å²) in [5.74, 6) is 0.0625. The normalized spacial score (nSPS) is 10.4. The van der Waals surface area contributed by atoms with Crippen LogP contribution in [-0.2, 0) is 6.54 Å². The molecule has 0 saturated carbocycles. The predicted octanol–water partition coefficient (Wildman–Crippen LogP) is 3.76. The third kappa shape index (κ3) is 2.45. The van der Waals surface area contributed by atoms with Crippen molar-refractivity contribution < 1.29 is 9.50 Å².